The minimum absolute atomic E-state index is 0.0435. The van der Waals surface area contributed by atoms with Gasteiger partial charge in [-0.3, -0.25) is 4.72 Å². The number of amides is 2. The van der Waals surface area contributed by atoms with E-state index in [9.17, 15) is 13.2 Å². The van der Waals surface area contributed by atoms with Crippen molar-refractivity contribution < 1.29 is 17.9 Å². The van der Waals surface area contributed by atoms with E-state index in [2.05, 4.69) is 15.4 Å². The highest BCUT2D eigenvalue weighted by molar-refractivity contribution is 7.92. The van der Waals surface area contributed by atoms with Gasteiger partial charge in [0.25, 0.3) is 0 Å². The Morgan fingerprint density at radius 3 is 2.48 bits per heavy atom. The van der Waals surface area contributed by atoms with Crippen LogP contribution in [0.5, 0.6) is 5.75 Å². The third-order valence-corrected chi connectivity index (χ3v) is 5.33. The molecular weight excluding hydrogens is 366 g/mol. The number of urea groups is 1. The van der Waals surface area contributed by atoms with Gasteiger partial charge in [-0.15, -0.1) is 0 Å². The molecule has 0 aromatic heterocycles. The van der Waals surface area contributed by atoms with Crippen molar-refractivity contribution in [3.63, 3.8) is 0 Å². The van der Waals surface area contributed by atoms with Gasteiger partial charge in [-0.2, -0.15) is 0 Å². The number of sulfonamides is 1. The zero-order valence-corrected chi connectivity index (χ0v) is 16.5. The summed E-state index contributed by atoms with van der Waals surface area (Å²) in [5, 5.41) is 5.55. The summed E-state index contributed by atoms with van der Waals surface area (Å²) in [7, 11) is -1.98. The lowest BCUT2D eigenvalue weighted by atomic mass is 10.0. The smallest absolute Gasteiger partial charge is 0.319 e. The molecule has 0 fully saturated rings. The van der Waals surface area contributed by atoms with E-state index in [1.165, 1.54) is 7.11 Å². The van der Waals surface area contributed by atoms with Gasteiger partial charge in [0.2, 0.25) is 10.0 Å². The van der Waals surface area contributed by atoms with Gasteiger partial charge >= 0.3 is 6.03 Å². The van der Waals surface area contributed by atoms with E-state index in [1.807, 2.05) is 37.3 Å². The van der Waals surface area contributed by atoms with Crippen LogP contribution >= 0.6 is 0 Å². The third-order valence-electron chi connectivity index (χ3n) is 4.04. The zero-order chi connectivity index (χ0) is 19.9. The highest BCUT2D eigenvalue weighted by Crippen LogP contribution is 2.28. The van der Waals surface area contributed by atoms with Crippen LogP contribution in [0.25, 0.3) is 0 Å². The SMILES string of the molecule is CCS(=O)(=O)Nc1ccc(NC(=O)NCC(C)c2ccccc2)cc1OC. The molecule has 0 bridgehead atoms. The quantitative estimate of drug-likeness (QED) is 0.643. The van der Waals surface area contributed by atoms with Crippen molar-refractivity contribution in [2.45, 2.75) is 19.8 Å². The van der Waals surface area contributed by atoms with Crippen molar-refractivity contribution in [2.75, 3.05) is 29.4 Å². The fourth-order valence-corrected chi connectivity index (χ4v) is 3.06. The average Bonchev–Trinajstić information content (AvgIpc) is 2.67. The molecule has 0 saturated heterocycles. The summed E-state index contributed by atoms with van der Waals surface area (Å²) in [6.45, 7) is 4.07. The first-order valence-electron chi connectivity index (χ1n) is 8.63. The van der Waals surface area contributed by atoms with E-state index in [0.29, 0.717) is 23.7 Å². The third kappa shape index (κ3) is 6.18. The Bertz CT molecular complexity index is 870. The Morgan fingerprint density at radius 2 is 1.85 bits per heavy atom. The predicted octanol–water partition coefficient (Wildman–Crippen LogP) is 3.38. The van der Waals surface area contributed by atoms with Crippen molar-refractivity contribution >= 4 is 27.4 Å². The van der Waals surface area contributed by atoms with Crippen LogP contribution in [0.2, 0.25) is 0 Å². The Hall–Kier alpha value is -2.74. The summed E-state index contributed by atoms with van der Waals surface area (Å²) in [6, 6.07) is 14.3. The molecule has 0 aliphatic carbocycles. The average molecular weight is 391 g/mol. The zero-order valence-electron chi connectivity index (χ0n) is 15.7. The van der Waals surface area contributed by atoms with Crippen LogP contribution in [0, 0.1) is 0 Å². The molecule has 2 amide bonds. The Morgan fingerprint density at radius 1 is 1.15 bits per heavy atom. The lowest BCUT2D eigenvalue weighted by molar-refractivity contribution is 0.251. The monoisotopic (exact) mass is 391 g/mol. The number of rotatable bonds is 8. The number of hydrogen-bond donors (Lipinski definition) is 3. The van der Waals surface area contributed by atoms with Crippen LogP contribution < -0.4 is 20.1 Å². The van der Waals surface area contributed by atoms with E-state index in [-0.39, 0.29) is 17.7 Å². The van der Waals surface area contributed by atoms with Crippen molar-refractivity contribution in [3.05, 3.63) is 54.1 Å². The molecular formula is C19H25N3O4S. The van der Waals surface area contributed by atoms with E-state index in [0.717, 1.165) is 5.56 Å². The molecule has 0 aliphatic rings. The lowest BCUT2D eigenvalue weighted by Crippen LogP contribution is -2.31. The van der Waals surface area contributed by atoms with Gasteiger partial charge < -0.3 is 15.4 Å². The fourth-order valence-electron chi connectivity index (χ4n) is 2.41. The molecule has 7 nitrogen and oxygen atoms in total. The molecule has 0 saturated carbocycles. The molecule has 2 aromatic carbocycles. The maximum absolute atomic E-state index is 12.1. The van der Waals surface area contributed by atoms with Crippen molar-refractivity contribution in [2.24, 2.45) is 0 Å². The van der Waals surface area contributed by atoms with Gasteiger partial charge in [-0.1, -0.05) is 37.3 Å². The summed E-state index contributed by atoms with van der Waals surface area (Å²) in [4.78, 5) is 12.1. The molecule has 0 aliphatic heterocycles. The molecule has 2 rings (SSSR count). The summed E-state index contributed by atoms with van der Waals surface area (Å²) < 4.78 is 31.1. The van der Waals surface area contributed by atoms with Crippen LogP contribution in [0.15, 0.2) is 48.5 Å². The number of hydrogen-bond acceptors (Lipinski definition) is 4. The summed E-state index contributed by atoms with van der Waals surface area (Å²) in [6.07, 6.45) is 0. The highest BCUT2D eigenvalue weighted by Gasteiger charge is 2.13. The normalized spacial score (nSPS) is 12.1. The predicted molar refractivity (Wildman–Crippen MR) is 108 cm³/mol. The second-order valence-corrected chi connectivity index (χ2v) is 8.08. The molecule has 27 heavy (non-hydrogen) atoms. The molecule has 2 aromatic rings. The van der Waals surface area contributed by atoms with Crippen LogP contribution in [0.1, 0.15) is 25.3 Å². The summed E-state index contributed by atoms with van der Waals surface area (Å²) in [5.74, 6) is 0.456. The summed E-state index contributed by atoms with van der Waals surface area (Å²) in [5.41, 5.74) is 1.96. The Kier molecular flexibility index (Phi) is 7.06. The lowest BCUT2D eigenvalue weighted by Gasteiger charge is -2.15. The van der Waals surface area contributed by atoms with Crippen molar-refractivity contribution in [1.29, 1.82) is 0 Å². The van der Waals surface area contributed by atoms with Gasteiger partial charge in [0.1, 0.15) is 5.75 Å². The topological polar surface area (TPSA) is 96.5 Å². The number of benzene rings is 2. The highest BCUT2D eigenvalue weighted by atomic mass is 32.2. The minimum Gasteiger partial charge on any atom is -0.494 e. The molecule has 1 atom stereocenters. The van der Waals surface area contributed by atoms with Gasteiger partial charge in [0.05, 0.1) is 18.6 Å². The first-order valence-corrected chi connectivity index (χ1v) is 10.3. The van der Waals surface area contributed by atoms with Gasteiger partial charge in [0.15, 0.2) is 0 Å². The van der Waals surface area contributed by atoms with Crippen molar-refractivity contribution in [1.82, 2.24) is 5.32 Å². The number of anilines is 2. The standard InChI is InChI=1S/C19H25N3O4S/c1-4-27(24,25)22-17-11-10-16(12-18(17)26-3)21-19(23)20-13-14(2)15-8-6-5-7-9-15/h5-12,14,22H,4,13H2,1-3H3,(H2,20,21,23). The van der Waals surface area contributed by atoms with Crippen LogP contribution in [0.3, 0.4) is 0 Å². The van der Waals surface area contributed by atoms with Gasteiger partial charge in [-0.05, 0) is 30.5 Å². The number of carbonyl (C=O) groups excluding carboxylic acids is 1. The second kappa shape index (κ2) is 9.27. The Labute approximate surface area is 160 Å². The number of carbonyl (C=O) groups is 1. The second-order valence-electron chi connectivity index (χ2n) is 6.07. The number of ether oxygens (including phenoxy) is 1. The maximum atomic E-state index is 12.1. The van der Waals surface area contributed by atoms with E-state index in [1.54, 1.807) is 25.1 Å². The molecule has 3 N–H and O–H groups in total. The number of methoxy groups -OCH3 is 1. The van der Waals surface area contributed by atoms with E-state index >= 15 is 0 Å². The van der Waals surface area contributed by atoms with Crippen LogP contribution in [-0.2, 0) is 10.0 Å². The first-order chi connectivity index (χ1) is 12.8. The molecule has 0 radical (unpaired) electrons. The van der Waals surface area contributed by atoms with E-state index in [4.69, 9.17) is 4.74 Å². The molecule has 8 heteroatoms. The molecule has 0 heterocycles. The molecule has 1 unspecified atom stereocenters. The van der Waals surface area contributed by atoms with Crippen LogP contribution in [-0.4, -0.2) is 33.9 Å². The number of nitrogens with one attached hydrogen (secondary N) is 3. The fraction of sp³-hybridized carbons (Fsp3) is 0.316. The van der Waals surface area contributed by atoms with Crippen LogP contribution in [0.4, 0.5) is 16.2 Å². The van der Waals surface area contributed by atoms with Gasteiger partial charge in [0, 0.05) is 18.3 Å². The van der Waals surface area contributed by atoms with Crippen molar-refractivity contribution in [3.8, 4) is 5.75 Å². The minimum atomic E-state index is -3.42. The molecule has 0 spiro atoms. The first kappa shape index (κ1) is 20.6. The van der Waals surface area contributed by atoms with Gasteiger partial charge in [-0.25, -0.2) is 13.2 Å². The largest absolute Gasteiger partial charge is 0.494 e. The Balaban J connectivity index is 1.97. The molecule has 146 valence electrons. The van der Waals surface area contributed by atoms with E-state index < -0.39 is 10.0 Å². The summed E-state index contributed by atoms with van der Waals surface area (Å²) >= 11 is 0. The maximum Gasteiger partial charge on any atom is 0.319 e.